The van der Waals surface area contributed by atoms with E-state index in [0.29, 0.717) is 18.7 Å². The number of hydrogen-bond acceptors (Lipinski definition) is 4. The molecule has 0 bridgehead atoms. The molecule has 0 spiro atoms. The first-order valence-corrected chi connectivity index (χ1v) is 8.78. The Morgan fingerprint density at radius 1 is 0.923 bits per heavy atom. The van der Waals surface area contributed by atoms with Crippen molar-refractivity contribution < 1.29 is 10.2 Å². The van der Waals surface area contributed by atoms with Crippen LogP contribution < -0.4 is 0 Å². The maximum Gasteiger partial charge on any atom is 0.151 e. The lowest BCUT2D eigenvalue weighted by Gasteiger charge is -2.26. The molecule has 0 amide bonds. The molecule has 1 aromatic heterocycles. The van der Waals surface area contributed by atoms with Crippen molar-refractivity contribution in [2.45, 2.75) is 12.3 Å². The van der Waals surface area contributed by atoms with Crippen molar-refractivity contribution in [1.29, 1.82) is 0 Å². The number of aliphatic hydroxyl groups is 1. The average Bonchev–Trinajstić information content (AvgIpc) is 2.70. The van der Waals surface area contributed by atoms with Gasteiger partial charge in [0.2, 0.25) is 0 Å². The number of rotatable bonds is 4. The van der Waals surface area contributed by atoms with Gasteiger partial charge in [-0.15, -0.1) is 0 Å². The molecule has 2 aromatic carbocycles. The summed E-state index contributed by atoms with van der Waals surface area (Å²) in [4.78, 5) is 9.29. The third-order valence-corrected chi connectivity index (χ3v) is 4.80. The van der Waals surface area contributed by atoms with Crippen LogP contribution in [0.5, 0.6) is 5.75 Å². The summed E-state index contributed by atoms with van der Waals surface area (Å²) in [5.74, 6) is 0.213. The van der Waals surface area contributed by atoms with E-state index in [1.807, 2.05) is 66.9 Å². The molecule has 1 aliphatic heterocycles. The van der Waals surface area contributed by atoms with Gasteiger partial charge < -0.3 is 10.2 Å². The zero-order valence-corrected chi connectivity index (χ0v) is 14.3. The van der Waals surface area contributed by atoms with Gasteiger partial charge in [0, 0.05) is 42.0 Å². The zero-order valence-electron chi connectivity index (χ0n) is 14.3. The van der Waals surface area contributed by atoms with E-state index in [9.17, 15) is 10.2 Å². The molecule has 0 saturated heterocycles. The maximum absolute atomic E-state index is 11.1. The van der Waals surface area contributed by atoms with Gasteiger partial charge >= 0.3 is 0 Å². The van der Waals surface area contributed by atoms with E-state index in [1.165, 1.54) is 0 Å². The van der Waals surface area contributed by atoms with Crippen molar-refractivity contribution in [1.82, 2.24) is 4.98 Å². The molecule has 2 heterocycles. The fraction of sp³-hybridized carbons (Fsp3) is 0.182. The number of nitrogens with zero attached hydrogens (tertiary/aromatic N) is 2. The molecule has 130 valence electrons. The average molecular weight is 344 g/mol. The number of hydrogen-bond donors (Lipinski definition) is 2. The smallest absolute Gasteiger partial charge is 0.151 e. The van der Waals surface area contributed by atoms with Crippen LogP contribution in [0.3, 0.4) is 0 Å². The van der Waals surface area contributed by atoms with E-state index in [2.05, 4.69) is 4.98 Å². The number of aliphatic imine (C=N–C) groups is 1. The van der Waals surface area contributed by atoms with Gasteiger partial charge in [-0.05, 0) is 12.0 Å². The molecule has 26 heavy (non-hydrogen) atoms. The van der Waals surface area contributed by atoms with Crippen LogP contribution in [0.15, 0.2) is 71.9 Å². The van der Waals surface area contributed by atoms with Crippen LogP contribution in [-0.2, 0) is 0 Å². The van der Waals surface area contributed by atoms with E-state index < -0.39 is 0 Å². The molecule has 1 unspecified atom stereocenters. The minimum Gasteiger partial charge on any atom is -0.505 e. The highest BCUT2D eigenvalue weighted by Gasteiger charge is 2.28. The lowest BCUT2D eigenvalue weighted by Crippen LogP contribution is -2.20. The molecule has 0 radical (unpaired) electrons. The highest BCUT2D eigenvalue weighted by atomic mass is 16.3. The topological polar surface area (TPSA) is 65.7 Å². The van der Waals surface area contributed by atoms with Gasteiger partial charge in [0.15, 0.2) is 5.75 Å². The van der Waals surface area contributed by atoms with Crippen LogP contribution >= 0.6 is 0 Å². The van der Waals surface area contributed by atoms with Crippen LogP contribution in [0.1, 0.15) is 29.0 Å². The lowest BCUT2D eigenvalue weighted by molar-refractivity contribution is 0.276. The fourth-order valence-corrected chi connectivity index (χ4v) is 3.49. The van der Waals surface area contributed by atoms with E-state index in [1.54, 1.807) is 0 Å². The second-order valence-electron chi connectivity index (χ2n) is 6.42. The lowest BCUT2D eigenvalue weighted by atomic mass is 9.85. The third-order valence-electron chi connectivity index (χ3n) is 4.80. The monoisotopic (exact) mass is 344 g/mol. The summed E-state index contributed by atoms with van der Waals surface area (Å²) >= 11 is 0. The van der Waals surface area contributed by atoms with E-state index in [-0.39, 0.29) is 18.3 Å². The summed E-state index contributed by atoms with van der Waals surface area (Å²) in [6.45, 7) is 0.672. The second kappa shape index (κ2) is 7.10. The van der Waals surface area contributed by atoms with E-state index in [4.69, 9.17) is 4.99 Å². The Balaban J connectivity index is 1.91. The van der Waals surface area contributed by atoms with E-state index >= 15 is 0 Å². The summed E-state index contributed by atoms with van der Waals surface area (Å²) in [5, 5.41) is 20.5. The van der Waals surface area contributed by atoms with E-state index in [0.717, 1.165) is 28.0 Å². The van der Waals surface area contributed by atoms with Crippen LogP contribution in [0.25, 0.3) is 11.3 Å². The van der Waals surface area contributed by atoms with Crippen molar-refractivity contribution in [3.8, 4) is 17.0 Å². The first kappa shape index (κ1) is 16.5. The molecule has 0 aliphatic carbocycles. The van der Waals surface area contributed by atoms with Gasteiger partial charge in [0.25, 0.3) is 0 Å². The molecule has 2 N–H and O–H groups in total. The summed E-state index contributed by atoms with van der Waals surface area (Å²) in [6, 6.07) is 19.5. The highest BCUT2D eigenvalue weighted by Crippen LogP contribution is 2.39. The molecule has 0 fully saturated rings. The van der Waals surface area contributed by atoms with Gasteiger partial charge in [-0.1, -0.05) is 60.7 Å². The van der Waals surface area contributed by atoms with Gasteiger partial charge in [-0.2, -0.15) is 0 Å². The Bertz CT molecular complexity index is 937. The van der Waals surface area contributed by atoms with Gasteiger partial charge in [0.1, 0.15) is 5.69 Å². The van der Waals surface area contributed by atoms with Crippen LogP contribution in [-0.4, -0.2) is 34.1 Å². The van der Waals surface area contributed by atoms with Crippen molar-refractivity contribution in [2.75, 3.05) is 13.2 Å². The van der Waals surface area contributed by atoms with Gasteiger partial charge in [-0.3, -0.25) is 9.98 Å². The molecule has 0 saturated carbocycles. The number of aliphatic hydroxyl groups excluding tert-OH is 1. The molecule has 4 heteroatoms. The van der Waals surface area contributed by atoms with Crippen LogP contribution in [0.2, 0.25) is 0 Å². The number of aromatic nitrogens is 1. The SMILES string of the molecule is OCCC1CN=C(c2ccccc2)c2c1cnc(-c1ccccc1)c2O. The predicted molar refractivity (Wildman–Crippen MR) is 103 cm³/mol. The third kappa shape index (κ3) is 2.89. The summed E-state index contributed by atoms with van der Waals surface area (Å²) in [5.41, 5.74) is 4.85. The van der Waals surface area contributed by atoms with Crippen molar-refractivity contribution in [3.63, 3.8) is 0 Å². The Labute approximate surface area is 152 Å². The van der Waals surface area contributed by atoms with Crippen LogP contribution in [0.4, 0.5) is 0 Å². The maximum atomic E-state index is 11.1. The largest absolute Gasteiger partial charge is 0.505 e. The quantitative estimate of drug-likeness (QED) is 0.757. The minimum absolute atomic E-state index is 0.0608. The van der Waals surface area contributed by atoms with Crippen molar-refractivity contribution in [2.24, 2.45) is 4.99 Å². The normalized spacial score (nSPS) is 16.0. The molecule has 1 aliphatic rings. The predicted octanol–water partition coefficient (Wildman–Crippen LogP) is 3.77. The molecule has 4 nitrogen and oxygen atoms in total. The Morgan fingerprint density at radius 3 is 2.23 bits per heavy atom. The van der Waals surface area contributed by atoms with Gasteiger partial charge in [-0.25, -0.2) is 0 Å². The molecular formula is C22H20N2O2. The molecule has 4 rings (SSSR count). The second-order valence-corrected chi connectivity index (χ2v) is 6.42. The Morgan fingerprint density at radius 2 is 1.58 bits per heavy atom. The van der Waals surface area contributed by atoms with Crippen molar-refractivity contribution >= 4 is 5.71 Å². The summed E-state index contributed by atoms with van der Waals surface area (Å²) < 4.78 is 0. The van der Waals surface area contributed by atoms with Crippen LogP contribution in [0, 0.1) is 0 Å². The first-order valence-electron chi connectivity index (χ1n) is 8.78. The standard InChI is InChI=1S/C22H20N2O2/c25-12-11-17-13-23-20(15-7-3-1-4-8-15)19-18(17)14-24-21(22(19)26)16-9-5-2-6-10-16/h1-10,14,17,25-26H,11-13H2. The zero-order chi connectivity index (χ0) is 17.9. The molecule has 1 atom stereocenters. The summed E-state index contributed by atoms with van der Waals surface area (Å²) in [7, 11) is 0. The number of fused-ring (bicyclic) bond motifs is 1. The number of benzene rings is 2. The number of aromatic hydroxyl groups is 1. The fourth-order valence-electron chi connectivity index (χ4n) is 3.49. The Hall–Kier alpha value is -2.98. The summed E-state index contributed by atoms with van der Waals surface area (Å²) in [6.07, 6.45) is 2.43. The first-order chi connectivity index (χ1) is 12.8. The van der Waals surface area contributed by atoms with Gasteiger partial charge in [0.05, 0.1) is 5.71 Å². The Kier molecular flexibility index (Phi) is 4.50. The minimum atomic E-state index is 0.0608. The number of pyridine rings is 1. The highest BCUT2D eigenvalue weighted by molar-refractivity contribution is 6.16. The molecule has 3 aromatic rings. The van der Waals surface area contributed by atoms with Crippen molar-refractivity contribution in [3.05, 3.63) is 83.6 Å². The molecular weight excluding hydrogens is 324 g/mol.